The Morgan fingerprint density at radius 3 is 2.67 bits per heavy atom. The van der Waals surface area contributed by atoms with E-state index in [-0.39, 0.29) is 6.04 Å². The summed E-state index contributed by atoms with van der Waals surface area (Å²) < 4.78 is 0. The zero-order chi connectivity index (χ0) is 14.7. The molecular formula is C18H18N2S. The molecule has 2 aromatic carbocycles. The summed E-state index contributed by atoms with van der Waals surface area (Å²) in [6.07, 6.45) is 3.70. The number of aromatic nitrogens is 1. The fraction of sp³-hybridized carbons (Fsp3) is 0.167. The number of hydrogen-bond donors (Lipinski definition) is 1. The third kappa shape index (κ3) is 2.94. The van der Waals surface area contributed by atoms with E-state index in [1.807, 2.05) is 36.3 Å². The van der Waals surface area contributed by atoms with Crippen LogP contribution in [0.3, 0.4) is 0 Å². The minimum Gasteiger partial charge on any atom is -0.320 e. The van der Waals surface area contributed by atoms with Crippen LogP contribution in [0.2, 0.25) is 0 Å². The largest absolute Gasteiger partial charge is 0.320 e. The van der Waals surface area contributed by atoms with Crippen LogP contribution in [0.1, 0.15) is 24.1 Å². The standard InChI is InChI=1S/C18H18N2S/c1-2-21-15-8-6-13(7-9-15)18(19)17-5-3-4-14-12-20-11-10-16(14)17/h3-12,18H,2,19H2,1H3. The molecule has 1 atom stereocenters. The fourth-order valence-electron chi connectivity index (χ4n) is 2.54. The lowest BCUT2D eigenvalue weighted by atomic mass is 9.95. The summed E-state index contributed by atoms with van der Waals surface area (Å²) in [4.78, 5) is 5.46. The van der Waals surface area contributed by atoms with Gasteiger partial charge in [0.15, 0.2) is 0 Å². The van der Waals surface area contributed by atoms with Crippen LogP contribution in [0.4, 0.5) is 0 Å². The molecule has 3 heteroatoms. The predicted molar refractivity (Wildman–Crippen MR) is 90.6 cm³/mol. The summed E-state index contributed by atoms with van der Waals surface area (Å²) in [7, 11) is 0. The van der Waals surface area contributed by atoms with Crippen LogP contribution in [-0.4, -0.2) is 10.7 Å². The quantitative estimate of drug-likeness (QED) is 0.725. The summed E-state index contributed by atoms with van der Waals surface area (Å²) in [5.74, 6) is 1.09. The average Bonchev–Trinajstić information content (AvgIpc) is 2.55. The molecule has 0 bridgehead atoms. The van der Waals surface area contributed by atoms with Gasteiger partial charge in [-0.25, -0.2) is 0 Å². The number of benzene rings is 2. The Labute approximate surface area is 129 Å². The van der Waals surface area contributed by atoms with E-state index < -0.39 is 0 Å². The highest BCUT2D eigenvalue weighted by Gasteiger charge is 2.12. The van der Waals surface area contributed by atoms with E-state index >= 15 is 0 Å². The zero-order valence-corrected chi connectivity index (χ0v) is 12.8. The lowest BCUT2D eigenvalue weighted by molar-refractivity contribution is 0.878. The second kappa shape index (κ2) is 6.29. The Hall–Kier alpha value is -1.84. The van der Waals surface area contributed by atoms with Crippen LogP contribution in [-0.2, 0) is 0 Å². The summed E-state index contributed by atoms with van der Waals surface area (Å²) in [5, 5.41) is 2.30. The number of nitrogens with zero attached hydrogens (tertiary/aromatic N) is 1. The van der Waals surface area contributed by atoms with Gasteiger partial charge in [0.05, 0.1) is 6.04 Å². The van der Waals surface area contributed by atoms with Gasteiger partial charge < -0.3 is 5.73 Å². The molecule has 0 aliphatic rings. The van der Waals surface area contributed by atoms with Gasteiger partial charge in [-0.1, -0.05) is 37.3 Å². The molecule has 1 aromatic heterocycles. The van der Waals surface area contributed by atoms with Gasteiger partial charge in [-0.3, -0.25) is 4.98 Å². The fourth-order valence-corrected chi connectivity index (χ4v) is 3.20. The Morgan fingerprint density at radius 2 is 1.90 bits per heavy atom. The van der Waals surface area contributed by atoms with Crippen molar-refractivity contribution in [1.29, 1.82) is 0 Å². The van der Waals surface area contributed by atoms with E-state index in [4.69, 9.17) is 5.73 Å². The Morgan fingerprint density at radius 1 is 1.10 bits per heavy atom. The van der Waals surface area contributed by atoms with E-state index in [0.717, 1.165) is 22.3 Å². The first-order chi connectivity index (χ1) is 10.3. The minimum atomic E-state index is -0.114. The van der Waals surface area contributed by atoms with Crippen LogP contribution in [0.5, 0.6) is 0 Å². The van der Waals surface area contributed by atoms with E-state index in [2.05, 4.69) is 48.3 Å². The van der Waals surface area contributed by atoms with Gasteiger partial charge >= 0.3 is 0 Å². The number of rotatable bonds is 4. The maximum Gasteiger partial charge on any atom is 0.0557 e. The molecule has 21 heavy (non-hydrogen) atoms. The molecule has 2 nitrogen and oxygen atoms in total. The molecule has 0 radical (unpaired) electrons. The van der Waals surface area contributed by atoms with Crippen LogP contribution in [0, 0.1) is 0 Å². The molecule has 0 aliphatic heterocycles. The second-order valence-corrected chi connectivity index (χ2v) is 6.26. The Balaban J connectivity index is 1.98. The van der Waals surface area contributed by atoms with Crippen molar-refractivity contribution in [3.63, 3.8) is 0 Å². The number of nitrogens with two attached hydrogens (primary N) is 1. The molecule has 1 heterocycles. The predicted octanol–water partition coefficient (Wildman–Crippen LogP) is 4.39. The molecule has 0 spiro atoms. The van der Waals surface area contributed by atoms with Gasteiger partial charge in [0, 0.05) is 22.7 Å². The molecule has 0 aliphatic carbocycles. The van der Waals surface area contributed by atoms with Crippen LogP contribution < -0.4 is 5.73 Å². The van der Waals surface area contributed by atoms with Crippen LogP contribution >= 0.6 is 11.8 Å². The Bertz CT molecular complexity index is 732. The summed E-state index contributed by atoms with van der Waals surface area (Å²) in [6, 6.07) is 16.7. The van der Waals surface area contributed by atoms with Gasteiger partial charge in [0.1, 0.15) is 0 Å². The molecule has 1 unspecified atom stereocenters. The molecular weight excluding hydrogens is 276 g/mol. The number of pyridine rings is 1. The topological polar surface area (TPSA) is 38.9 Å². The van der Waals surface area contributed by atoms with E-state index in [0.29, 0.717) is 0 Å². The highest BCUT2D eigenvalue weighted by molar-refractivity contribution is 7.99. The molecule has 0 saturated carbocycles. The van der Waals surface area contributed by atoms with Crippen molar-refractivity contribution < 1.29 is 0 Å². The van der Waals surface area contributed by atoms with E-state index in [1.165, 1.54) is 10.3 Å². The van der Waals surface area contributed by atoms with Crippen molar-refractivity contribution in [1.82, 2.24) is 4.98 Å². The second-order valence-electron chi connectivity index (χ2n) is 4.92. The molecule has 3 rings (SSSR count). The Kier molecular flexibility index (Phi) is 4.23. The lowest BCUT2D eigenvalue weighted by Crippen LogP contribution is -2.12. The highest BCUT2D eigenvalue weighted by Crippen LogP contribution is 2.28. The zero-order valence-electron chi connectivity index (χ0n) is 12.0. The molecule has 2 N–H and O–H groups in total. The minimum absolute atomic E-state index is 0.114. The van der Waals surface area contributed by atoms with Gasteiger partial charge in [0.25, 0.3) is 0 Å². The van der Waals surface area contributed by atoms with Gasteiger partial charge in [-0.05, 0) is 40.5 Å². The van der Waals surface area contributed by atoms with Crippen LogP contribution in [0.25, 0.3) is 10.8 Å². The van der Waals surface area contributed by atoms with Gasteiger partial charge in [-0.15, -0.1) is 11.8 Å². The number of hydrogen-bond acceptors (Lipinski definition) is 3. The first kappa shape index (κ1) is 14.1. The van der Waals surface area contributed by atoms with Crippen LogP contribution in [0.15, 0.2) is 65.8 Å². The molecule has 0 fully saturated rings. The van der Waals surface area contributed by atoms with Crippen molar-refractivity contribution in [3.05, 3.63) is 72.1 Å². The van der Waals surface area contributed by atoms with Crippen molar-refractivity contribution in [2.24, 2.45) is 5.73 Å². The number of fused-ring (bicyclic) bond motifs is 1. The molecule has 0 amide bonds. The molecule has 3 aromatic rings. The van der Waals surface area contributed by atoms with Crippen molar-refractivity contribution >= 4 is 22.5 Å². The van der Waals surface area contributed by atoms with Crippen molar-refractivity contribution in [2.75, 3.05) is 5.75 Å². The summed E-state index contributed by atoms with van der Waals surface area (Å²) >= 11 is 1.84. The maximum atomic E-state index is 6.48. The van der Waals surface area contributed by atoms with Crippen molar-refractivity contribution in [3.8, 4) is 0 Å². The van der Waals surface area contributed by atoms with Gasteiger partial charge in [0.2, 0.25) is 0 Å². The van der Waals surface area contributed by atoms with E-state index in [1.54, 1.807) is 0 Å². The molecule has 106 valence electrons. The maximum absolute atomic E-state index is 6.48. The average molecular weight is 294 g/mol. The van der Waals surface area contributed by atoms with E-state index in [9.17, 15) is 0 Å². The number of thioether (sulfide) groups is 1. The third-order valence-electron chi connectivity index (χ3n) is 3.60. The van der Waals surface area contributed by atoms with Gasteiger partial charge in [-0.2, -0.15) is 0 Å². The first-order valence-electron chi connectivity index (χ1n) is 7.10. The first-order valence-corrected chi connectivity index (χ1v) is 8.09. The lowest BCUT2D eigenvalue weighted by Gasteiger charge is -2.15. The SMILES string of the molecule is CCSc1ccc(C(N)c2cccc3cnccc23)cc1. The highest BCUT2D eigenvalue weighted by atomic mass is 32.2. The smallest absolute Gasteiger partial charge is 0.0557 e. The normalized spacial score (nSPS) is 12.5. The third-order valence-corrected chi connectivity index (χ3v) is 4.49. The monoisotopic (exact) mass is 294 g/mol. The molecule has 0 saturated heterocycles. The van der Waals surface area contributed by atoms with Crippen molar-refractivity contribution in [2.45, 2.75) is 17.9 Å². The summed E-state index contributed by atoms with van der Waals surface area (Å²) in [5.41, 5.74) is 8.76. The summed E-state index contributed by atoms with van der Waals surface area (Å²) in [6.45, 7) is 2.16.